The molecule has 100 valence electrons. The van der Waals surface area contributed by atoms with Gasteiger partial charge in [-0.1, -0.05) is 18.0 Å². The van der Waals surface area contributed by atoms with Gasteiger partial charge in [-0.15, -0.1) is 0 Å². The van der Waals surface area contributed by atoms with Crippen LogP contribution in [-0.2, 0) is 6.54 Å². The number of hydrogen-bond acceptors (Lipinski definition) is 4. The minimum Gasteiger partial charge on any atom is -0.360 e. The lowest BCUT2D eigenvalue weighted by Crippen LogP contribution is -2.38. The SMILES string of the molecule is Cc1cc(CNCC2CC3CCCCC3N2)on1. The van der Waals surface area contributed by atoms with Crippen LogP contribution in [0.2, 0.25) is 0 Å². The maximum Gasteiger partial charge on any atom is 0.150 e. The molecule has 3 rings (SSSR count). The zero-order valence-corrected chi connectivity index (χ0v) is 11.1. The molecule has 2 fully saturated rings. The van der Waals surface area contributed by atoms with Gasteiger partial charge in [0.1, 0.15) is 0 Å². The molecule has 4 heteroatoms. The monoisotopic (exact) mass is 249 g/mol. The standard InChI is InChI=1S/C14H23N3O/c1-10-6-13(18-17-10)9-15-8-12-7-11-4-2-3-5-14(11)16-12/h6,11-12,14-16H,2-5,7-9H2,1H3. The number of aromatic nitrogens is 1. The molecule has 3 unspecified atom stereocenters. The van der Waals surface area contributed by atoms with Crippen molar-refractivity contribution in [3.05, 3.63) is 17.5 Å². The van der Waals surface area contributed by atoms with Crippen molar-refractivity contribution in [1.82, 2.24) is 15.8 Å². The van der Waals surface area contributed by atoms with Crippen LogP contribution >= 0.6 is 0 Å². The summed E-state index contributed by atoms with van der Waals surface area (Å²) in [6.07, 6.45) is 6.98. The molecule has 0 bridgehead atoms. The zero-order chi connectivity index (χ0) is 12.4. The van der Waals surface area contributed by atoms with Crippen molar-refractivity contribution >= 4 is 0 Å². The summed E-state index contributed by atoms with van der Waals surface area (Å²) in [4.78, 5) is 0. The Morgan fingerprint density at radius 2 is 2.33 bits per heavy atom. The van der Waals surface area contributed by atoms with Crippen molar-refractivity contribution in [2.75, 3.05) is 6.54 Å². The van der Waals surface area contributed by atoms with Crippen LogP contribution < -0.4 is 10.6 Å². The summed E-state index contributed by atoms with van der Waals surface area (Å²) >= 11 is 0. The molecule has 0 spiro atoms. The smallest absolute Gasteiger partial charge is 0.150 e. The van der Waals surface area contributed by atoms with Gasteiger partial charge in [0.25, 0.3) is 0 Å². The van der Waals surface area contributed by atoms with Crippen LogP contribution in [0.15, 0.2) is 10.6 Å². The van der Waals surface area contributed by atoms with Crippen LogP contribution in [0.4, 0.5) is 0 Å². The van der Waals surface area contributed by atoms with E-state index >= 15 is 0 Å². The molecule has 1 saturated heterocycles. The molecule has 4 nitrogen and oxygen atoms in total. The molecule has 1 aromatic heterocycles. The first-order chi connectivity index (χ1) is 8.81. The quantitative estimate of drug-likeness (QED) is 0.857. The van der Waals surface area contributed by atoms with Gasteiger partial charge in [-0.3, -0.25) is 0 Å². The van der Waals surface area contributed by atoms with E-state index in [1.165, 1.54) is 32.1 Å². The molecule has 1 aliphatic heterocycles. The lowest BCUT2D eigenvalue weighted by molar-refractivity contribution is 0.325. The highest BCUT2D eigenvalue weighted by molar-refractivity contribution is 5.02. The van der Waals surface area contributed by atoms with Gasteiger partial charge < -0.3 is 15.2 Å². The van der Waals surface area contributed by atoms with Crippen molar-refractivity contribution in [3.8, 4) is 0 Å². The highest BCUT2D eigenvalue weighted by atomic mass is 16.5. The van der Waals surface area contributed by atoms with Crippen LogP contribution in [0.3, 0.4) is 0 Å². The summed E-state index contributed by atoms with van der Waals surface area (Å²) in [5.41, 5.74) is 0.955. The fourth-order valence-electron chi connectivity index (χ4n) is 3.46. The average Bonchev–Trinajstić information content (AvgIpc) is 2.95. The molecular formula is C14H23N3O. The fraction of sp³-hybridized carbons (Fsp3) is 0.786. The van der Waals surface area contributed by atoms with Gasteiger partial charge in [-0.25, -0.2) is 0 Å². The number of aryl methyl sites for hydroxylation is 1. The molecule has 1 aliphatic carbocycles. The Kier molecular flexibility index (Phi) is 3.66. The maximum atomic E-state index is 5.19. The van der Waals surface area contributed by atoms with Gasteiger partial charge >= 0.3 is 0 Å². The minimum absolute atomic E-state index is 0.641. The molecule has 0 aromatic carbocycles. The lowest BCUT2D eigenvalue weighted by atomic mass is 9.85. The molecule has 2 N–H and O–H groups in total. The van der Waals surface area contributed by atoms with E-state index in [1.54, 1.807) is 0 Å². The molecule has 0 amide bonds. The largest absolute Gasteiger partial charge is 0.360 e. The summed E-state index contributed by atoms with van der Waals surface area (Å²) in [5.74, 6) is 1.86. The number of hydrogen-bond donors (Lipinski definition) is 2. The van der Waals surface area contributed by atoms with E-state index in [0.29, 0.717) is 6.04 Å². The van der Waals surface area contributed by atoms with Crippen LogP contribution in [0.25, 0.3) is 0 Å². The molecular weight excluding hydrogens is 226 g/mol. The van der Waals surface area contributed by atoms with Crippen molar-refractivity contribution in [2.45, 2.75) is 57.7 Å². The second kappa shape index (κ2) is 5.41. The molecule has 3 atom stereocenters. The number of nitrogens with zero attached hydrogens (tertiary/aromatic N) is 1. The molecule has 2 aliphatic rings. The summed E-state index contributed by atoms with van der Waals surface area (Å²) < 4.78 is 5.19. The van der Waals surface area contributed by atoms with E-state index in [4.69, 9.17) is 4.52 Å². The summed E-state index contributed by atoms with van der Waals surface area (Å²) in [5, 5.41) is 11.1. The average molecular weight is 249 g/mol. The Hall–Kier alpha value is -0.870. The normalized spacial score (nSPS) is 31.5. The predicted octanol–water partition coefficient (Wildman–Crippen LogP) is 1.99. The summed E-state index contributed by atoms with van der Waals surface area (Å²) in [6.45, 7) is 3.78. The highest BCUT2D eigenvalue weighted by Gasteiger charge is 2.34. The van der Waals surface area contributed by atoms with Crippen LogP contribution in [0.5, 0.6) is 0 Å². The fourth-order valence-corrected chi connectivity index (χ4v) is 3.46. The first kappa shape index (κ1) is 12.2. The third-order valence-electron chi connectivity index (χ3n) is 4.31. The topological polar surface area (TPSA) is 50.1 Å². The van der Waals surface area contributed by atoms with Gasteiger partial charge in [0.05, 0.1) is 12.2 Å². The Balaban J connectivity index is 1.41. The lowest BCUT2D eigenvalue weighted by Gasteiger charge is -2.24. The summed E-state index contributed by atoms with van der Waals surface area (Å²) in [7, 11) is 0. The van der Waals surface area contributed by atoms with E-state index in [2.05, 4.69) is 15.8 Å². The second-order valence-corrected chi connectivity index (χ2v) is 5.82. The van der Waals surface area contributed by atoms with E-state index in [-0.39, 0.29) is 0 Å². The van der Waals surface area contributed by atoms with E-state index in [9.17, 15) is 0 Å². The second-order valence-electron chi connectivity index (χ2n) is 5.82. The van der Waals surface area contributed by atoms with Gasteiger partial charge in [0.2, 0.25) is 0 Å². The highest BCUT2D eigenvalue weighted by Crippen LogP contribution is 2.32. The van der Waals surface area contributed by atoms with Crippen molar-refractivity contribution < 1.29 is 4.52 Å². The molecule has 18 heavy (non-hydrogen) atoms. The Bertz CT molecular complexity index is 376. The maximum absolute atomic E-state index is 5.19. The Morgan fingerprint density at radius 3 is 3.11 bits per heavy atom. The zero-order valence-electron chi connectivity index (χ0n) is 11.1. The predicted molar refractivity (Wildman–Crippen MR) is 70.2 cm³/mol. The third-order valence-corrected chi connectivity index (χ3v) is 4.31. The van der Waals surface area contributed by atoms with E-state index in [1.807, 2.05) is 13.0 Å². The van der Waals surface area contributed by atoms with Crippen LogP contribution in [0.1, 0.15) is 43.6 Å². The molecule has 1 aromatic rings. The van der Waals surface area contributed by atoms with Crippen molar-refractivity contribution in [2.24, 2.45) is 5.92 Å². The van der Waals surface area contributed by atoms with Crippen LogP contribution in [0, 0.1) is 12.8 Å². The number of nitrogens with one attached hydrogen (secondary N) is 2. The van der Waals surface area contributed by atoms with Gasteiger partial charge in [-0.2, -0.15) is 0 Å². The summed E-state index contributed by atoms with van der Waals surface area (Å²) in [6, 6.07) is 3.43. The van der Waals surface area contributed by atoms with Crippen molar-refractivity contribution in [3.63, 3.8) is 0 Å². The van der Waals surface area contributed by atoms with E-state index in [0.717, 1.165) is 36.5 Å². The van der Waals surface area contributed by atoms with Gasteiger partial charge in [0, 0.05) is 24.7 Å². The van der Waals surface area contributed by atoms with Gasteiger partial charge in [-0.05, 0) is 32.1 Å². The number of fused-ring (bicyclic) bond motifs is 1. The Morgan fingerprint density at radius 1 is 1.44 bits per heavy atom. The molecule has 0 radical (unpaired) electrons. The Labute approximate surface area is 108 Å². The first-order valence-corrected chi connectivity index (χ1v) is 7.20. The molecule has 2 heterocycles. The first-order valence-electron chi connectivity index (χ1n) is 7.20. The third kappa shape index (κ3) is 2.75. The van der Waals surface area contributed by atoms with Crippen molar-refractivity contribution in [1.29, 1.82) is 0 Å². The van der Waals surface area contributed by atoms with Crippen LogP contribution in [-0.4, -0.2) is 23.8 Å². The van der Waals surface area contributed by atoms with E-state index < -0.39 is 0 Å². The molecule has 1 saturated carbocycles. The minimum atomic E-state index is 0.641. The number of rotatable bonds is 4. The van der Waals surface area contributed by atoms with Gasteiger partial charge in [0.15, 0.2) is 5.76 Å².